The molecule has 1 aliphatic rings. The topological polar surface area (TPSA) is 27.0 Å². The maximum atomic E-state index is 6.50. The summed E-state index contributed by atoms with van der Waals surface area (Å²) >= 11 is 0. The van der Waals surface area contributed by atoms with Crippen molar-refractivity contribution >= 4 is 0 Å². The van der Waals surface area contributed by atoms with E-state index < -0.39 is 0 Å². The molecule has 0 amide bonds. The molecule has 0 aromatic rings. The molecule has 1 heterocycles. The number of piperidine rings is 1. The molecular weight excluding hydrogens is 232 g/mol. The van der Waals surface area contributed by atoms with Crippen LogP contribution in [0.5, 0.6) is 0 Å². The number of nitrogens with zero attached hydrogens (tertiary/aromatic N) is 2. The second kappa shape index (κ2) is 13.9. The molecule has 1 rings (SSSR count). The minimum Gasteiger partial charge on any atom is -0.303 e. The Balaban J connectivity index is 0.00000154. The van der Waals surface area contributed by atoms with Gasteiger partial charge in [0.1, 0.15) is 0 Å². The summed E-state index contributed by atoms with van der Waals surface area (Å²) in [4.78, 5) is 2.70. The predicted octanol–water partition coefficient (Wildman–Crippen LogP) is 5.00. The molecule has 0 bridgehead atoms. The summed E-state index contributed by atoms with van der Waals surface area (Å²) in [6.07, 6.45) is 14.4. The smallest absolute Gasteiger partial charge is 0.0462 e. The summed E-state index contributed by atoms with van der Waals surface area (Å²) in [5, 5.41) is 6.50. The van der Waals surface area contributed by atoms with E-state index in [1.165, 1.54) is 83.8 Å². The van der Waals surface area contributed by atoms with Crippen LogP contribution in [0, 0.1) is 17.8 Å². The van der Waals surface area contributed by atoms with Gasteiger partial charge in [-0.15, -0.1) is 0 Å². The van der Waals surface area contributed by atoms with E-state index in [1.807, 2.05) is 0 Å². The van der Waals surface area contributed by atoms with Gasteiger partial charge in [0.2, 0.25) is 0 Å². The van der Waals surface area contributed by atoms with Crippen LogP contribution in [0.1, 0.15) is 78.1 Å². The maximum absolute atomic E-state index is 6.50. The number of likely N-dealkylation sites (tertiary alicyclic amines) is 1. The van der Waals surface area contributed by atoms with E-state index in [2.05, 4.69) is 25.3 Å². The van der Waals surface area contributed by atoms with Gasteiger partial charge < -0.3 is 4.90 Å². The fourth-order valence-electron chi connectivity index (χ4n) is 3.02. The molecule has 0 N–H and O–H groups in total. The molecule has 112 valence electrons. The summed E-state index contributed by atoms with van der Waals surface area (Å²) in [6.45, 7) is 12.2. The molecular formula is C17H34N2. The zero-order valence-corrected chi connectivity index (χ0v) is 13.2. The first kappa shape index (κ1) is 18.4. The van der Waals surface area contributed by atoms with Crippen LogP contribution in [-0.4, -0.2) is 24.5 Å². The zero-order valence-electron chi connectivity index (χ0n) is 13.2. The largest absolute Gasteiger partial charge is 0.303 e. The standard InChI is InChI=1S/C16H33N.CHN/c1-3-5-6-7-8-9-13-17-14-11-16(10-4-2)12-15-17;1-2/h16H,3-15H2,1-2H3;1H. The molecule has 0 aromatic carbocycles. The summed E-state index contributed by atoms with van der Waals surface area (Å²) in [7, 11) is 0. The van der Waals surface area contributed by atoms with Crippen LogP contribution in [0.4, 0.5) is 0 Å². The Morgan fingerprint density at radius 2 is 1.47 bits per heavy atom. The summed E-state index contributed by atoms with van der Waals surface area (Å²) in [6, 6.07) is 0. The van der Waals surface area contributed by atoms with Crippen molar-refractivity contribution in [2.24, 2.45) is 5.92 Å². The van der Waals surface area contributed by atoms with E-state index in [-0.39, 0.29) is 0 Å². The monoisotopic (exact) mass is 266 g/mol. The third-order valence-electron chi connectivity index (χ3n) is 4.23. The minimum atomic E-state index is 1.04. The van der Waals surface area contributed by atoms with Gasteiger partial charge in [0, 0.05) is 6.57 Å². The van der Waals surface area contributed by atoms with Crippen molar-refractivity contribution < 1.29 is 0 Å². The number of unbranched alkanes of at least 4 members (excludes halogenated alkanes) is 5. The Hall–Kier alpha value is -0.550. The molecule has 0 aromatic heterocycles. The van der Waals surface area contributed by atoms with Gasteiger partial charge in [0.05, 0.1) is 0 Å². The van der Waals surface area contributed by atoms with Crippen molar-refractivity contribution in [3.63, 3.8) is 0 Å². The molecule has 19 heavy (non-hydrogen) atoms. The normalized spacial score (nSPS) is 16.8. The van der Waals surface area contributed by atoms with Gasteiger partial charge in [-0.1, -0.05) is 58.8 Å². The predicted molar refractivity (Wildman–Crippen MR) is 84.1 cm³/mol. The number of hydrogen-bond acceptors (Lipinski definition) is 2. The quantitative estimate of drug-likeness (QED) is 0.549. The Labute approximate surface area is 121 Å². The third-order valence-corrected chi connectivity index (χ3v) is 4.23. The second-order valence-corrected chi connectivity index (χ2v) is 5.84. The fourth-order valence-corrected chi connectivity index (χ4v) is 3.02. The van der Waals surface area contributed by atoms with E-state index in [9.17, 15) is 0 Å². The van der Waals surface area contributed by atoms with Gasteiger partial charge in [0.25, 0.3) is 0 Å². The van der Waals surface area contributed by atoms with E-state index >= 15 is 0 Å². The van der Waals surface area contributed by atoms with Crippen LogP contribution in [0.2, 0.25) is 0 Å². The average molecular weight is 266 g/mol. The van der Waals surface area contributed by atoms with Crippen LogP contribution in [0.25, 0.3) is 0 Å². The minimum absolute atomic E-state index is 1.04. The Morgan fingerprint density at radius 1 is 0.895 bits per heavy atom. The zero-order chi connectivity index (χ0) is 14.3. The Bertz CT molecular complexity index is 193. The average Bonchev–Trinajstić information content (AvgIpc) is 2.47. The lowest BCUT2D eigenvalue weighted by molar-refractivity contribution is 0.175. The molecule has 1 fully saturated rings. The molecule has 1 saturated heterocycles. The van der Waals surface area contributed by atoms with E-state index in [0.717, 1.165) is 5.92 Å². The first-order chi connectivity index (χ1) is 9.36. The molecule has 0 saturated carbocycles. The molecule has 0 atom stereocenters. The van der Waals surface area contributed by atoms with Gasteiger partial charge in [-0.3, -0.25) is 0 Å². The van der Waals surface area contributed by atoms with Crippen molar-refractivity contribution in [2.75, 3.05) is 19.6 Å². The van der Waals surface area contributed by atoms with Gasteiger partial charge in [-0.25, -0.2) is 5.26 Å². The van der Waals surface area contributed by atoms with E-state index in [4.69, 9.17) is 5.26 Å². The van der Waals surface area contributed by atoms with Crippen LogP contribution in [0.15, 0.2) is 0 Å². The van der Waals surface area contributed by atoms with Gasteiger partial charge >= 0.3 is 0 Å². The number of rotatable bonds is 9. The highest BCUT2D eigenvalue weighted by atomic mass is 15.1. The van der Waals surface area contributed by atoms with E-state index in [0.29, 0.717) is 0 Å². The van der Waals surface area contributed by atoms with Crippen molar-refractivity contribution in [3.8, 4) is 6.57 Å². The molecule has 0 radical (unpaired) electrons. The third kappa shape index (κ3) is 9.96. The van der Waals surface area contributed by atoms with E-state index in [1.54, 1.807) is 0 Å². The second-order valence-electron chi connectivity index (χ2n) is 5.84. The highest BCUT2D eigenvalue weighted by molar-refractivity contribution is 4.71. The van der Waals surface area contributed by atoms with Crippen molar-refractivity contribution in [1.29, 1.82) is 5.26 Å². The summed E-state index contributed by atoms with van der Waals surface area (Å²) in [5.41, 5.74) is 0. The van der Waals surface area contributed by atoms with Crippen LogP contribution in [0.3, 0.4) is 0 Å². The first-order valence-electron chi connectivity index (χ1n) is 8.35. The molecule has 0 aliphatic carbocycles. The van der Waals surface area contributed by atoms with Crippen molar-refractivity contribution in [2.45, 2.75) is 78.1 Å². The van der Waals surface area contributed by atoms with Crippen LogP contribution in [-0.2, 0) is 0 Å². The highest BCUT2D eigenvalue weighted by Gasteiger charge is 2.17. The molecule has 2 heteroatoms. The Kier molecular flexibility index (Phi) is 13.5. The molecule has 0 spiro atoms. The Morgan fingerprint density at radius 3 is 2.05 bits per heavy atom. The fraction of sp³-hybridized carbons (Fsp3) is 0.941. The van der Waals surface area contributed by atoms with Gasteiger partial charge in [-0.05, 0) is 44.8 Å². The lowest BCUT2D eigenvalue weighted by Crippen LogP contribution is -2.34. The van der Waals surface area contributed by atoms with Crippen molar-refractivity contribution in [1.82, 2.24) is 4.90 Å². The van der Waals surface area contributed by atoms with Gasteiger partial charge in [-0.2, -0.15) is 0 Å². The number of nitriles is 1. The summed E-state index contributed by atoms with van der Waals surface area (Å²) < 4.78 is 0. The van der Waals surface area contributed by atoms with Gasteiger partial charge in [0.15, 0.2) is 0 Å². The highest BCUT2D eigenvalue weighted by Crippen LogP contribution is 2.21. The molecule has 1 aliphatic heterocycles. The molecule has 0 unspecified atom stereocenters. The van der Waals surface area contributed by atoms with Crippen LogP contribution >= 0.6 is 0 Å². The lowest BCUT2D eigenvalue weighted by atomic mass is 9.92. The maximum Gasteiger partial charge on any atom is 0.0462 e. The SMILES string of the molecule is C#N.CCCCCCCCN1CCC(CCC)CC1. The van der Waals surface area contributed by atoms with Crippen LogP contribution < -0.4 is 0 Å². The van der Waals surface area contributed by atoms with Crippen molar-refractivity contribution in [3.05, 3.63) is 0 Å². The lowest BCUT2D eigenvalue weighted by Gasteiger charge is -2.31. The number of hydrogen-bond donors (Lipinski definition) is 0. The summed E-state index contributed by atoms with van der Waals surface area (Å²) in [5.74, 6) is 1.04. The molecule has 2 nitrogen and oxygen atoms in total. The first-order valence-corrected chi connectivity index (χ1v) is 8.35.